The Kier molecular flexibility index (Phi) is 4.04. The molecular formula is C11H15BrN2O2. The summed E-state index contributed by atoms with van der Waals surface area (Å²) < 4.78 is 0.558. The zero-order valence-corrected chi connectivity index (χ0v) is 11.1. The van der Waals surface area contributed by atoms with Crippen LogP contribution >= 0.6 is 15.9 Å². The van der Waals surface area contributed by atoms with Crippen molar-refractivity contribution >= 4 is 27.5 Å². The van der Waals surface area contributed by atoms with E-state index in [4.69, 9.17) is 5.11 Å². The van der Waals surface area contributed by atoms with Crippen LogP contribution in [0.4, 0.5) is 5.69 Å². The molecule has 0 fully saturated rings. The highest BCUT2D eigenvalue weighted by Crippen LogP contribution is 2.23. The van der Waals surface area contributed by atoms with Gasteiger partial charge in [0.05, 0.1) is 12.3 Å². The molecule has 0 aromatic carbocycles. The van der Waals surface area contributed by atoms with E-state index in [1.54, 1.807) is 12.3 Å². The Morgan fingerprint density at radius 3 is 2.69 bits per heavy atom. The molecule has 1 rings (SSSR count). The van der Waals surface area contributed by atoms with Crippen LogP contribution in [0.5, 0.6) is 0 Å². The summed E-state index contributed by atoms with van der Waals surface area (Å²) in [6.45, 7) is 5.40. The Hall–Kier alpha value is -0.940. The second-order valence-corrected chi connectivity index (χ2v) is 5.30. The normalized spacial score (nSPS) is 11.3. The van der Waals surface area contributed by atoms with E-state index >= 15 is 0 Å². The van der Waals surface area contributed by atoms with E-state index in [1.165, 1.54) is 0 Å². The Balaban J connectivity index is 2.92. The van der Waals surface area contributed by atoms with Crippen LogP contribution < -0.4 is 5.32 Å². The summed E-state index contributed by atoms with van der Waals surface area (Å²) in [6, 6.07) is 1.70. The smallest absolute Gasteiger partial charge is 0.229 e. The lowest BCUT2D eigenvalue weighted by Crippen LogP contribution is -2.27. The number of hydrogen-bond donors (Lipinski definition) is 2. The molecule has 0 saturated heterocycles. The van der Waals surface area contributed by atoms with Crippen molar-refractivity contribution in [1.29, 1.82) is 0 Å². The van der Waals surface area contributed by atoms with Gasteiger partial charge in [-0.2, -0.15) is 0 Å². The zero-order chi connectivity index (χ0) is 12.3. The first kappa shape index (κ1) is 13.1. The van der Waals surface area contributed by atoms with E-state index < -0.39 is 5.41 Å². The number of aliphatic hydroxyl groups excluding tert-OH is 1. The summed E-state index contributed by atoms with van der Waals surface area (Å²) in [6.07, 6.45) is 1.55. The highest BCUT2D eigenvalue weighted by atomic mass is 79.9. The molecule has 5 heteroatoms. The van der Waals surface area contributed by atoms with Crippen LogP contribution in [0.3, 0.4) is 0 Å². The number of nitrogens with zero attached hydrogens (tertiary/aromatic N) is 1. The number of rotatable bonds is 2. The number of halogens is 1. The monoisotopic (exact) mass is 286 g/mol. The molecule has 0 unspecified atom stereocenters. The SMILES string of the molecule is CC(C)(C)C(=O)Nc1cc(CO)cnc1Br. The van der Waals surface area contributed by atoms with Crippen LogP contribution in [-0.4, -0.2) is 16.0 Å². The fourth-order valence-electron chi connectivity index (χ4n) is 0.975. The van der Waals surface area contributed by atoms with Gasteiger partial charge >= 0.3 is 0 Å². The van der Waals surface area contributed by atoms with E-state index in [0.29, 0.717) is 15.9 Å². The van der Waals surface area contributed by atoms with Crippen molar-refractivity contribution in [2.24, 2.45) is 5.41 Å². The predicted octanol–water partition coefficient (Wildman–Crippen LogP) is 2.32. The summed E-state index contributed by atoms with van der Waals surface area (Å²) in [7, 11) is 0. The number of pyridine rings is 1. The zero-order valence-electron chi connectivity index (χ0n) is 9.54. The predicted molar refractivity (Wildman–Crippen MR) is 65.9 cm³/mol. The average molecular weight is 287 g/mol. The van der Waals surface area contributed by atoms with Gasteiger partial charge in [0.2, 0.25) is 5.91 Å². The molecule has 0 aliphatic heterocycles. The minimum absolute atomic E-state index is 0.0925. The molecule has 2 N–H and O–H groups in total. The van der Waals surface area contributed by atoms with Crippen molar-refractivity contribution in [3.05, 3.63) is 22.4 Å². The van der Waals surface area contributed by atoms with Crippen molar-refractivity contribution < 1.29 is 9.90 Å². The minimum atomic E-state index is -0.464. The first-order valence-corrected chi connectivity index (χ1v) is 5.70. The lowest BCUT2D eigenvalue weighted by atomic mass is 9.95. The number of nitrogens with one attached hydrogen (secondary N) is 1. The van der Waals surface area contributed by atoms with Crippen molar-refractivity contribution in [3.63, 3.8) is 0 Å². The van der Waals surface area contributed by atoms with Gasteiger partial charge in [0, 0.05) is 11.6 Å². The molecule has 4 nitrogen and oxygen atoms in total. The van der Waals surface area contributed by atoms with Crippen LogP contribution in [0.1, 0.15) is 26.3 Å². The first-order chi connectivity index (χ1) is 7.34. The molecule has 1 amide bonds. The van der Waals surface area contributed by atoms with Gasteiger partial charge in [0.25, 0.3) is 0 Å². The number of carbonyl (C=O) groups is 1. The third-order valence-electron chi connectivity index (χ3n) is 2.01. The molecule has 0 spiro atoms. The quantitative estimate of drug-likeness (QED) is 0.821. The molecule has 0 radical (unpaired) electrons. The number of aliphatic hydroxyl groups is 1. The molecule has 0 bridgehead atoms. The second kappa shape index (κ2) is 4.93. The van der Waals surface area contributed by atoms with Crippen molar-refractivity contribution in [1.82, 2.24) is 4.98 Å². The van der Waals surface area contributed by atoms with Gasteiger partial charge in [-0.05, 0) is 27.6 Å². The van der Waals surface area contributed by atoms with Gasteiger partial charge in [-0.3, -0.25) is 4.79 Å². The van der Waals surface area contributed by atoms with Crippen LogP contribution in [0.25, 0.3) is 0 Å². The van der Waals surface area contributed by atoms with Gasteiger partial charge in [0.15, 0.2) is 0 Å². The fraction of sp³-hybridized carbons (Fsp3) is 0.455. The van der Waals surface area contributed by atoms with E-state index in [0.717, 1.165) is 0 Å². The standard InChI is InChI=1S/C11H15BrN2O2/c1-11(2,3)10(16)14-8-4-7(6-15)5-13-9(8)12/h4-5,15H,6H2,1-3H3,(H,14,16). The largest absolute Gasteiger partial charge is 0.392 e. The minimum Gasteiger partial charge on any atom is -0.392 e. The van der Waals surface area contributed by atoms with E-state index in [-0.39, 0.29) is 12.5 Å². The van der Waals surface area contributed by atoms with Crippen LogP contribution in [-0.2, 0) is 11.4 Å². The van der Waals surface area contributed by atoms with Gasteiger partial charge in [-0.1, -0.05) is 20.8 Å². The summed E-state index contributed by atoms with van der Waals surface area (Å²) in [4.78, 5) is 15.8. The van der Waals surface area contributed by atoms with Crippen LogP contribution in [0.2, 0.25) is 0 Å². The summed E-state index contributed by atoms with van der Waals surface area (Å²) in [5, 5.41) is 11.7. The average Bonchev–Trinajstić information content (AvgIpc) is 2.19. The maximum atomic E-state index is 11.8. The molecule has 16 heavy (non-hydrogen) atoms. The number of hydrogen-bond acceptors (Lipinski definition) is 3. The van der Waals surface area contributed by atoms with Gasteiger partial charge in [-0.25, -0.2) is 4.98 Å². The van der Waals surface area contributed by atoms with Crippen molar-refractivity contribution in [3.8, 4) is 0 Å². The highest BCUT2D eigenvalue weighted by Gasteiger charge is 2.22. The molecule has 1 aromatic heterocycles. The lowest BCUT2D eigenvalue weighted by Gasteiger charge is -2.18. The maximum Gasteiger partial charge on any atom is 0.229 e. The van der Waals surface area contributed by atoms with E-state index in [9.17, 15) is 4.79 Å². The Morgan fingerprint density at radius 1 is 1.56 bits per heavy atom. The van der Waals surface area contributed by atoms with Gasteiger partial charge in [-0.15, -0.1) is 0 Å². The number of carbonyl (C=O) groups excluding carboxylic acids is 1. The first-order valence-electron chi connectivity index (χ1n) is 4.91. The molecule has 1 heterocycles. The van der Waals surface area contributed by atoms with Crippen LogP contribution in [0.15, 0.2) is 16.9 Å². The number of amides is 1. The summed E-state index contributed by atoms with van der Waals surface area (Å²) in [5.74, 6) is -0.0925. The number of anilines is 1. The summed E-state index contributed by atoms with van der Waals surface area (Å²) in [5.41, 5.74) is 0.771. The van der Waals surface area contributed by atoms with Crippen LogP contribution in [0, 0.1) is 5.41 Å². The van der Waals surface area contributed by atoms with E-state index in [1.807, 2.05) is 20.8 Å². The van der Waals surface area contributed by atoms with E-state index in [2.05, 4.69) is 26.2 Å². The molecule has 0 atom stereocenters. The molecule has 1 aromatic rings. The second-order valence-electron chi connectivity index (χ2n) is 4.54. The molecule has 0 aliphatic carbocycles. The number of aromatic nitrogens is 1. The molecule has 0 saturated carbocycles. The lowest BCUT2D eigenvalue weighted by molar-refractivity contribution is -0.123. The highest BCUT2D eigenvalue weighted by molar-refractivity contribution is 9.10. The van der Waals surface area contributed by atoms with Gasteiger partial charge < -0.3 is 10.4 Å². The third-order valence-corrected chi connectivity index (χ3v) is 2.64. The van der Waals surface area contributed by atoms with Gasteiger partial charge in [0.1, 0.15) is 4.60 Å². The van der Waals surface area contributed by atoms with Crippen molar-refractivity contribution in [2.75, 3.05) is 5.32 Å². The third kappa shape index (κ3) is 3.28. The molecule has 88 valence electrons. The van der Waals surface area contributed by atoms with Crippen molar-refractivity contribution in [2.45, 2.75) is 27.4 Å². The summed E-state index contributed by atoms with van der Waals surface area (Å²) >= 11 is 3.25. The Labute approximate surface area is 103 Å². The fourth-order valence-corrected chi connectivity index (χ4v) is 1.29. The Bertz CT molecular complexity index is 399. The molecular weight excluding hydrogens is 272 g/mol. The maximum absolute atomic E-state index is 11.8. The topological polar surface area (TPSA) is 62.2 Å². The Morgan fingerprint density at radius 2 is 2.19 bits per heavy atom. The molecule has 0 aliphatic rings.